The molecule has 0 aromatic rings. The van der Waals surface area contributed by atoms with E-state index in [9.17, 15) is 13.2 Å². The average Bonchev–Trinajstić information content (AvgIpc) is 2.54. The number of primary amides is 1. The Morgan fingerprint density at radius 3 is 2.43 bits per heavy atom. The molecule has 0 aliphatic carbocycles. The molecule has 6 nitrogen and oxygen atoms in total. The molecule has 1 rings (SSSR count). The minimum atomic E-state index is -3.19. The molecular weight excluding hydrogens is 206 g/mol. The van der Waals surface area contributed by atoms with Crippen molar-refractivity contribution in [1.82, 2.24) is 9.62 Å². The second-order valence-corrected chi connectivity index (χ2v) is 5.30. The van der Waals surface area contributed by atoms with Crippen LogP contribution in [0.25, 0.3) is 0 Å². The summed E-state index contributed by atoms with van der Waals surface area (Å²) in [5.74, 6) is -0.0735. The highest BCUT2D eigenvalue weighted by Gasteiger charge is 2.24. The molecule has 82 valence electrons. The third-order valence-electron chi connectivity index (χ3n) is 2.12. The van der Waals surface area contributed by atoms with Gasteiger partial charge in [0.05, 0.1) is 5.75 Å². The lowest BCUT2D eigenvalue weighted by molar-refractivity contribution is 0.249. The third-order valence-corrected chi connectivity index (χ3v) is 3.99. The number of nitrogens with two attached hydrogens (primary N) is 1. The van der Waals surface area contributed by atoms with Crippen molar-refractivity contribution in [2.24, 2.45) is 5.73 Å². The number of nitrogens with zero attached hydrogens (tertiary/aromatic N) is 1. The number of carbonyl (C=O) groups is 1. The standard InChI is InChI=1S/C7H15N3O3S/c8-7(11)9-3-6-14(12,13)10-4-1-2-5-10/h1-6H2,(H3,8,9,11). The Kier molecular flexibility index (Phi) is 3.70. The van der Waals surface area contributed by atoms with Crippen molar-refractivity contribution in [1.29, 1.82) is 0 Å². The Morgan fingerprint density at radius 1 is 1.36 bits per heavy atom. The first-order valence-corrected chi connectivity index (χ1v) is 6.14. The van der Waals surface area contributed by atoms with Gasteiger partial charge in [-0.05, 0) is 12.8 Å². The predicted octanol–water partition coefficient (Wildman–Crippen LogP) is -0.920. The molecule has 0 unspecified atom stereocenters. The summed E-state index contributed by atoms with van der Waals surface area (Å²) in [7, 11) is -3.19. The molecule has 0 atom stereocenters. The van der Waals surface area contributed by atoms with E-state index in [1.165, 1.54) is 4.31 Å². The molecule has 0 aromatic heterocycles. The molecule has 0 bridgehead atoms. The summed E-state index contributed by atoms with van der Waals surface area (Å²) >= 11 is 0. The molecule has 14 heavy (non-hydrogen) atoms. The average molecular weight is 221 g/mol. The van der Waals surface area contributed by atoms with Crippen molar-refractivity contribution in [2.45, 2.75) is 12.8 Å². The second-order valence-electron chi connectivity index (χ2n) is 3.21. The van der Waals surface area contributed by atoms with Crippen LogP contribution in [0, 0.1) is 0 Å². The normalized spacial score (nSPS) is 18.3. The van der Waals surface area contributed by atoms with E-state index in [4.69, 9.17) is 5.73 Å². The van der Waals surface area contributed by atoms with Gasteiger partial charge in [-0.3, -0.25) is 0 Å². The first kappa shape index (κ1) is 11.3. The van der Waals surface area contributed by atoms with Crippen LogP contribution in [0.4, 0.5) is 4.79 Å². The highest BCUT2D eigenvalue weighted by molar-refractivity contribution is 7.89. The lowest BCUT2D eigenvalue weighted by Crippen LogP contribution is -2.38. The van der Waals surface area contributed by atoms with Crippen molar-refractivity contribution in [3.05, 3.63) is 0 Å². The predicted molar refractivity (Wildman–Crippen MR) is 52.2 cm³/mol. The van der Waals surface area contributed by atoms with Gasteiger partial charge in [0.2, 0.25) is 10.0 Å². The highest BCUT2D eigenvalue weighted by atomic mass is 32.2. The molecule has 3 N–H and O–H groups in total. The zero-order chi connectivity index (χ0) is 10.6. The van der Waals surface area contributed by atoms with Crippen molar-refractivity contribution < 1.29 is 13.2 Å². The van der Waals surface area contributed by atoms with Crippen LogP contribution in [0.1, 0.15) is 12.8 Å². The van der Waals surface area contributed by atoms with E-state index in [2.05, 4.69) is 5.32 Å². The molecule has 1 heterocycles. The van der Waals surface area contributed by atoms with Crippen LogP contribution >= 0.6 is 0 Å². The molecular formula is C7H15N3O3S. The summed E-state index contributed by atoms with van der Waals surface area (Å²) in [6, 6.07) is -0.693. The summed E-state index contributed by atoms with van der Waals surface area (Å²) in [6.07, 6.45) is 1.84. The van der Waals surface area contributed by atoms with Crippen molar-refractivity contribution >= 4 is 16.1 Å². The van der Waals surface area contributed by atoms with Gasteiger partial charge in [0.1, 0.15) is 0 Å². The van der Waals surface area contributed by atoms with E-state index in [1.807, 2.05) is 0 Å². The Balaban J connectivity index is 2.37. The second kappa shape index (κ2) is 4.61. The minimum absolute atomic E-state index is 0.0735. The lowest BCUT2D eigenvalue weighted by atomic mass is 10.4. The number of hydrogen-bond acceptors (Lipinski definition) is 3. The summed E-state index contributed by atoms with van der Waals surface area (Å²) in [6.45, 7) is 1.27. The van der Waals surface area contributed by atoms with E-state index >= 15 is 0 Å². The number of rotatable bonds is 4. The largest absolute Gasteiger partial charge is 0.352 e. The van der Waals surface area contributed by atoms with Crippen LogP contribution in [-0.4, -0.2) is 44.1 Å². The lowest BCUT2D eigenvalue weighted by Gasteiger charge is -2.14. The van der Waals surface area contributed by atoms with E-state index in [0.717, 1.165) is 12.8 Å². The van der Waals surface area contributed by atoms with Gasteiger partial charge >= 0.3 is 6.03 Å². The number of urea groups is 1. The van der Waals surface area contributed by atoms with E-state index in [1.54, 1.807) is 0 Å². The van der Waals surface area contributed by atoms with Crippen LogP contribution in [-0.2, 0) is 10.0 Å². The first-order chi connectivity index (χ1) is 6.52. The molecule has 0 aromatic carbocycles. The molecule has 1 aliphatic rings. The summed E-state index contributed by atoms with van der Waals surface area (Å²) in [4.78, 5) is 10.3. The number of sulfonamides is 1. The molecule has 1 aliphatic heterocycles. The zero-order valence-corrected chi connectivity index (χ0v) is 8.72. The maximum atomic E-state index is 11.5. The fourth-order valence-electron chi connectivity index (χ4n) is 1.40. The minimum Gasteiger partial charge on any atom is -0.352 e. The number of hydrogen-bond donors (Lipinski definition) is 2. The van der Waals surface area contributed by atoms with E-state index in [0.29, 0.717) is 13.1 Å². The van der Waals surface area contributed by atoms with Gasteiger partial charge in [-0.15, -0.1) is 0 Å². The SMILES string of the molecule is NC(=O)NCCS(=O)(=O)N1CCCC1. The van der Waals surface area contributed by atoms with Crippen LogP contribution < -0.4 is 11.1 Å². The van der Waals surface area contributed by atoms with Gasteiger partial charge in [0, 0.05) is 19.6 Å². The van der Waals surface area contributed by atoms with Crippen LogP contribution in [0.15, 0.2) is 0 Å². The zero-order valence-electron chi connectivity index (χ0n) is 7.90. The van der Waals surface area contributed by atoms with Crippen molar-refractivity contribution in [3.8, 4) is 0 Å². The molecule has 1 saturated heterocycles. The van der Waals surface area contributed by atoms with Gasteiger partial charge in [-0.1, -0.05) is 0 Å². The van der Waals surface area contributed by atoms with Crippen molar-refractivity contribution in [3.63, 3.8) is 0 Å². The topological polar surface area (TPSA) is 92.5 Å². The van der Waals surface area contributed by atoms with E-state index in [-0.39, 0.29) is 12.3 Å². The Morgan fingerprint density at radius 2 is 1.93 bits per heavy atom. The summed E-state index contributed by atoms with van der Waals surface area (Å²) in [5.41, 5.74) is 4.82. The van der Waals surface area contributed by atoms with Gasteiger partial charge in [-0.2, -0.15) is 0 Å². The highest BCUT2D eigenvalue weighted by Crippen LogP contribution is 2.12. The quantitative estimate of drug-likeness (QED) is 0.643. The molecule has 0 spiro atoms. The first-order valence-electron chi connectivity index (χ1n) is 4.53. The number of amides is 2. The number of carbonyl (C=O) groups excluding carboxylic acids is 1. The fourth-order valence-corrected chi connectivity index (χ4v) is 2.83. The van der Waals surface area contributed by atoms with Crippen molar-refractivity contribution in [2.75, 3.05) is 25.4 Å². The third kappa shape index (κ3) is 3.15. The van der Waals surface area contributed by atoms with Crippen LogP contribution in [0.5, 0.6) is 0 Å². The van der Waals surface area contributed by atoms with Crippen LogP contribution in [0.2, 0.25) is 0 Å². The van der Waals surface area contributed by atoms with Gasteiger partial charge in [0.25, 0.3) is 0 Å². The molecule has 0 saturated carbocycles. The Labute approximate surface area is 83.5 Å². The van der Waals surface area contributed by atoms with Gasteiger partial charge in [-0.25, -0.2) is 17.5 Å². The summed E-state index contributed by atoms with van der Waals surface area (Å²) in [5, 5.41) is 2.26. The monoisotopic (exact) mass is 221 g/mol. The summed E-state index contributed by atoms with van der Waals surface area (Å²) < 4.78 is 24.6. The fraction of sp³-hybridized carbons (Fsp3) is 0.857. The van der Waals surface area contributed by atoms with Gasteiger partial charge < -0.3 is 11.1 Å². The maximum absolute atomic E-state index is 11.5. The smallest absolute Gasteiger partial charge is 0.312 e. The molecule has 1 fully saturated rings. The Bertz CT molecular complexity index is 295. The van der Waals surface area contributed by atoms with E-state index < -0.39 is 16.1 Å². The molecule has 2 amide bonds. The van der Waals surface area contributed by atoms with Crippen LogP contribution in [0.3, 0.4) is 0 Å². The Hall–Kier alpha value is -0.820. The number of nitrogens with one attached hydrogen (secondary N) is 1. The van der Waals surface area contributed by atoms with Gasteiger partial charge in [0.15, 0.2) is 0 Å². The maximum Gasteiger partial charge on any atom is 0.312 e. The molecule has 7 heteroatoms. The molecule has 0 radical (unpaired) electrons.